The smallest absolute Gasteiger partial charge is 0.266 e. The van der Waals surface area contributed by atoms with Gasteiger partial charge in [-0.15, -0.1) is 0 Å². The Bertz CT molecular complexity index is 573. The standard InChI is InChI=1S/C18H25N3O3/c1-15(2)21(13-16-6-4-3-5-7-16)14-17(12-19)18(24)20(8-10-22)9-11-23/h3-7,14-15,22-23H,8-11,13H2,1-2H3/b17-14-. The van der Waals surface area contributed by atoms with Crippen molar-refractivity contribution in [1.29, 1.82) is 5.26 Å². The summed E-state index contributed by atoms with van der Waals surface area (Å²) in [5, 5.41) is 27.4. The number of hydrogen-bond donors (Lipinski definition) is 2. The zero-order chi connectivity index (χ0) is 17.9. The van der Waals surface area contributed by atoms with Crippen molar-refractivity contribution in [3.63, 3.8) is 0 Å². The average Bonchev–Trinajstić information content (AvgIpc) is 2.58. The summed E-state index contributed by atoms with van der Waals surface area (Å²) in [6, 6.07) is 11.8. The van der Waals surface area contributed by atoms with Gasteiger partial charge in [0.15, 0.2) is 0 Å². The van der Waals surface area contributed by atoms with Crippen molar-refractivity contribution >= 4 is 5.91 Å². The van der Waals surface area contributed by atoms with Crippen LogP contribution in [-0.4, -0.2) is 58.3 Å². The molecule has 1 aromatic carbocycles. The summed E-state index contributed by atoms with van der Waals surface area (Å²) in [4.78, 5) is 15.6. The molecule has 6 nitrogen and oxygen atoms in total. The molecule has 0 heterocycles. The summed E-state index contributed by atoms with van der Waals surface area (Å²) < 4.78 is 0. The van der Waals surface area contributed by atoms with Gasteiger partial charge in [-0.2, -0.15) is 5.26 Å². The molecule has 0 unspecified atom stereocenters. The molecule has 0 saturated carbocycles. The van der Waals surface area contributed by atoms with Crippen molar-refractivity contribution in [3.05, 3.63) is 47.7 Å². The molecule has 0 saturated heterocycles. The molecule has 0 aromatic heterocycles. The third-order valence-electron chi connectivity index (χ3n) is 3.54. The molecular weight excluding hydrogens is 306 g/mol. The number of nitriles is 1. The van der Waals surface area contributed by atoms with E-state index in [1.165, 1.54) is 4.90 Å². The van der Waals surface area contributed by atoms with E-state index in [4.69, 9.17) is 10.2 Å². The van der Waals surface area contributed by atoms with Crippen LogP contribution in [0.5, 0.6) is 0 Å². The first-order chi connectivity index (χ1) is 11.5. The predicted octanol–water partition coefficient (Wildman–Crippen LogP) is 1.12. The number of benzene rings is 1. The number of rotatable bonds is 9. The summed E-state index contributed by atoms with van der Waals surface area (Å²) in [5.41, 5.74) is 1.07. The van der Waals surface area contributed by atoms with Crippen LogP contribution in [0.1, 0.15) is 19.4 Å². The van der Waals surface area contributed by atoms with E-state index in [1.54, 1.807) is 6.20 Å². The van der Waals surface area contributed by atoms with Crippen LogP contribution in [-0.2, 0) is 11.3 Å². The molecule has 0 bridgehead atoms. The summed E-state index contributed by atoms with van der Waals surface area (Å²) in [5.74, 6) is -0.487. The molecule has 1 rings (SSSR count). The Morgan fingerprint density at radius 2 is 1.79 bits per heavy atom. The number of aliphatic hydroxyl groups excluding tert-OH is 2. The molecule has 130 valence electrons. The number of amides is 1. The van der Waals surface area contributed by atoms with Gasteiger partial charge in [0.05, 0.1) is 13.2 Å². The number of nitrogens with zero attached hydrogens (tertiary/aromatic N) is 3. The zero-order valence-corrected chi connectivity index (χ0v) is 14.2. The minimum absolute atomic E-state index is 0.0125. The first-order valence-corrected chi connectivity index (χ1v) is 7.96. The summed E-state index contributed by atoms with van der Waals surface area (Å²) >= 11 is 0. The first-order valence-electron chi connectivity index (χ1n) is 7.96. The van der Waals surface area contributed by atoms with Crippen molar-refractivity contribution < 1.29 is 15.0 Å². The van der Waals surface area contributed by atoms with E-state index in [9.17, 15) is 10.1 Å². The van der Waals surface area contributed by atoms with Gasteiger partial charge in [0.1, 0.15) is 11.6 Å². The average molecular weight is 331 g/mol. The maximum Gasteiger partial charge on any atom is 0.266 e. The van der Waals surface area contributed by atoms with Gasteiger partial charge in [0, 0.05) is 31.9 Å². The van der Waals surface area contributed by atoms with Crippen molar-refractivity contribution in [2.24, 2.45) is 0 Å². The van der Waals surface area contributed by atoms with Crippen molar-refractivity contribution in [2.45, 2.75) is 26.4 Å². The van der Waals surface area contributed by atoms with E-state index in [-0.39, 0.29) is 37.9 Å². The van der Waals surface area contributed by atoms with Gasteiger partial charge in [-0.3, -0.25) is 4.79 Å². The Morgan fingerprint density at radius 1 is 1.21 bits per heavy atom. The molecule has 2 N–H and O–H groups in total. The first kappa shape index (κ1) is 19.7. The SMILES string of the molecule is CC(C)N(/C=C(/C#N)C(=O)N(CCO)CCO)Cc1ccccc1. The van der Waals surface area contributed by atoms with Crippen LogP contribution >= 0.6 is 0 Å². The lowest BCUT2D eigenvalue weighted by molar-refractivity contribution is -0.127. The minimum atomic E-state index is -0.487. The van der Waals surface area contributed by atoms with Gasteiger partial charge in [-0.05, 0) is 19.4 Å². The lowest BCUT2D eigenvalue weighted by Crippen LogP contribution is -2.37. The van der Waals surface area contributed by atoms with Crippen LogP contribution in [0.2, 0.25) is 0 Å². The Kier molecular flexibility index (Phi) is 8.55. The number of carbonyl (C=O) groups is 1. The highest BCUT2D eigenvalue weighted by Crippen LogP contribution is 2.12. The van der Waals surface area contributed by atoms with E-state index in [0.717, 1.165) is 5.56 Å². The fourth-order valence-corrected chi connectivity index (χ4v) is 2.20. The molecular formula is C18H25N3O3. The fourth-order valence-electron chi connectivity index (χ4n) is 2.20. The molecule has 0 aliphatic rings. The quantitative estimate of drug-likeness (QED) is 0.523. The highest BCUT2D eigenvalue weighted by atomic mass is 16.3. The summed E-state index contributed by atoms with van der Waals surface area (Å²) in [6.45, 7) is 4.27. The molecule has 0 spiro atoms. The third-order valence-corrected chi connectivity index (χ3v) is 3.54. The minimum Gasteiger partial charge on any atom is -0.395 e. The van der Waals surface area contributed by atoms with Crippen molar-refractivity contribution in [3.8, 4) is 6.07 Å². The van der Waals surface area contributed by atoms with Crippen LogP contribution in [0.15, 0.2) is 42.1 Å². The van der Waals surface area contributed by atoms with Crippen LogP contribution < -0.4 is 0 Å². The third kappa shape index (κ3) is 6.03. The Balaban J connectivity index is 2.99. The van der Waals surface area contributed by atoms with E-state index < -0.39 is 5.91 Å². The Morgan fingerprint density at radius 3 is 2.25 bits per heavy atom. The number of carbonyl (C=O) groups excluding carboxylic acids is 1. The molecule has 0 atom stereocenters. The van der Waals surface area contributed by atoms with Gasteiger partial charge in [0.25, 0.3) is 5.91 Å². The maximum atomic E-state index is 12.5. The molecule has 0 aliphatic carbocycles. The van der Waals surface area contributed by atoms with E-state index in [1.807, 2.05) is 55.1 Å². The van der Waals surface area contributed by atoms with Gasteiger partial charge in [-0.1, -0.05) is 30.3 Å². The van der Waals surface area contributed by atoms with E-state index in [2.05, 4.69) is 0 Å². The molecule has 24 heavy (non-hydrogen) atoms. The largest absolute Gasteiger partial charge is 0.395 e. The lowest BCUT2D eigenvalue weighted by Gasteiger charge is -2.26. The van der Waals surface area contributed by atoms with Crippen LogP contribution in [0.25, 0.3) is 0 Å². The lowest BCUT2D eigenvalue weighted by atomic mass is 10.1. The van der Waals surface area contributed by atoms with Gasteiger partial charge < -0.3 is 20.0 Å². The van der Waals surface area contributed by atoms with Gasteiger partial charge in [-0.25, -0.2) is 0 Å². The number of aliphatic hydroxyl groups is 2. The molecule has 0 fully saturated rings. The molecule has 0 radical (unpaired) electrons. The topological polar surface area (TPSA) is 87.8 Å². The van der Waals surface area contributed by atoms with E-state index in [0.29, 0.717) is 6.54 Å². The second-order valence-corrected chi connectivity index (χ2v) is 5.65. The molecule has 6 heteroatoms. The normalized spacial score (nSPS) is 11.2. The van der Waals surface area contributed by atoms with E-state index >= 15 is 0 Å². The summed E-state index contributed by atoms with van der Waals surface area (Å²) in [6.07, 6.45) is 1.56. The Hall–Kier alpha value is -2.36. The van der Waals surface area contributed by atoms with Gasteiger partial charge >= 0.3 is 0 Å². The molecule has 0 aliphatic heterocycles. The second kappa shape index (κ2) is 10.4. The monoisotopic (exact) mass is 331 g/mol. The highest BCUT2D eigenvalue weighted by molar-refractivity contribution is 5.97. The second-order valence-electron chi connectivity index (χ2n) is 5.65. The van der Waals surface area contributed by atoms with Crippen molar-refractivity contribution in [2.75, 3.05) is 26.3 Å². The maximum absolute atomic E-state index is 12.5. The predicted molar refractivity (Wildman–Crippen MR) is 91.6 cm³/mol. The summed E-state index contributed by atoms with van der Waals surface area (Å²) in [7, 11) is 0. The van der Waals surface area contributed by atoms with Gasteiger partial charge in [0.2, 0.25) is 0 Å². The number of hydrogen-bond acceptors (Lipinski definition) is 5. The van der Waals surface area contributed by atoms with Crippen LogP contribution in [0, 0.1) is 11.3 Å². The highest BCUT2D eigenvalue weighted by Gasteiger charge is 2.19. The molecule has 1 aromatic rings. The van der Waals surface area contributed by atoms with Crippen LogP contribution in [0.4, 0.5) is 0 Å². The zero-order valence-electron chi connectivity index (χ0n) is 14.2. The van der Waals surface area contributed by atoms with Crippen LogP contribution in [0.3, 0.4) is 0 Å². The van der Waals surface area contributed by atoms with Crippen molar-refractivity contribution in [1.82, 2.24) is 9.80 Å². The fraction of sp³-hybridized carbons (Fsp3) is 0.444. The molecule has 1 amide bonds. The Labute approximate surface area is 143 Å².